The zero-order valence-electron chi connectivity index (χ0n) is 26.3. The van der Waals surface area contributed by atoms with E-state index >= 15 is 0 Å². The number of aromatic nitrogens is 1. The minimum absolute atomic E-state index is 0.380. The van der Waals surface area contributed by atoms with Crippen molar-refractivity contribution < 1.29 is 4.74 Å². The molecule has 1 aliphatic heterocycles. The summed E-state index contributed by atoms with van der Waals surface area (Å²) in [6.07, 6.45) is 12.1. The fourth-order valence-electron chi connectivity index (χ4n) is 7.85. The van der Waals surface area contributed by atoms with Gasteiger partial charge in [-0.2, -0.15) is 0 Å². The molecule has 1 atom stereocenters. The standard InChI is InChI=1S/C46H31NO/c1-3-11-30(12-4-1)35-21-24-36(31-13-5-2-6-14-31)43(29-35)47-41-19-8-7-17-37(41)39-27-33(22-25-42(39)47)34-23-26-44-40(28-34)38-18-9-15-32-16-10-20-45(48-44)46(32)38/h1-14,16-29,32H,15H2. The van der Waals surface area contributed by atoms with E-state index in [0.717, 1.165) is 17.9 Å². The largest absolute Gasteiger partial charge is 0.456 e. The lowest BCUT2D eigenvalue weighted by molar-refractivity contribution is 0.415. The van der Waals surface area contributed by atoms with Gasteiger partial charge in [-0.25, -0.2) is 0 Å². The number of hydrogen-bond acceptors (Lipinski definition) is 1. The van der Waals surface area contributed by atoms with Gasteiger partial charge in [0.2, 0.25) is 0 Å². The van der Waals surface area contributed by atoms with Crippen molar-refractivity contribution in [2.45, 2.75) is 6.42 Å². The van der Waals surface area contributed by atoms with E-state index in [2.05, 4.69) is 174 Å². The molecule has 0 fully saturated rings. The molecule has 7 aromatic rings. The number of allylic oxidation sites excluding steroid dienone is 7. The molecule has 0 bridgehead atoms. The molecule has 2 heterocycles. The van der Waals surface area contributed by atoms with Crippen LogP contribution in [0.1, 0.15) is 12.0 Å². The summed E-state index contributed by atoms with van der Waals surface area (Å²) in [5.41, 5.74) is 14.5. The summed E-state index contributed by atoms with van der Waals surface area (Å²) < 4.78 is 8.90. The van der Waals surface area contributed by atoms with Crippen molar-refractivity contribution in [3.05, 3.63) is 187 Å². The molecule has 0 saturated carbocycles. The SMILES string of the molecule is C1=CC2CC=CC3=C2C(=C1)Oc1ccc(-c2ccc4c(c2)c2ccccc2n4-c2cc(-c4ccccc4)ccc2-c2ccccc2)cc13. The average Bonchev–Trinajstić information content (AvgIpc) is 3.49. The Kier molecular flexibility index (Phi) is 6.04. The number of hydrogen-bond donors (Lipinski definition) is 0. The highest BCUT2D eigenvalue weighted by atomic mass is 16.5. The van der Waals surface area contributed by atoms with Gasteiger partial charge in [0.1, 0.15) is 11.5 Å². The highest BCUT2D eigenvalue weighted by molar-refractivity contribution is 6.11. The van der Waals surface area contributed by atoms with Gasteiger partial charge in [-0.1, -0.05) is 127 Å². The molecule has 0 saturated heterocycles. The molecule has 0 radical (unpaired) electrons. The van der Waals surface area contributed by atoms with Crippen molar-refractivity contribution in [1.82, 2.24) is 4.57 Å². The average molecular weight is 614 g/mol. The fraction of sp³-hybridized carbons (Fsp3) is 0.0435. The first-order valence-electron chi connectivity index (χ1n) is 16.7. The Labute approximate surface area is 279 Å². The van der Waals surface area contributed by atoms with Crippen LogP contribution in [-0.2, 0) is 0 Å². The topological polar surface area (TPSA) is 14.2 Å². The predicted molar refractivity (Wildman–Crippen MR) is 199 cm³/mol. The van der Waals surface area contributed by atoms with Crippen molar-refractivity contribution in [3.8, 4) is 44.8 Å². The zero-order chi connectivity index (χ0) is 31.6. The van der Waals surface area contributed by atoms with Crippen LogP contribution in [0.5, 0.6) is 5.75 Å². The Balaban J connectivity index is 1.17. The molecule has 3 aliphatic rings. The molecule has 2 heteroatoms. The van der Waals surface area contributed by atoms with Gasteiger partial charge in [-0.15, -0.1) is 0 Å². The minimum Gasteiger partial charge on any atom is -0.456 e. The highest BCUT2D eigenvalue weighted by Gasteiger charge is 2.31. The summed E-state index contributed by atoms with van der Waals surface area (Å²) in [5.74, 6) is 2.29. The fourth-order valence-corrected chi connectivity index (χ4v) is 7.85. The van der Waals surface area contributed by atoms with Gasteiger partial charge in [0.25, 0.3) is 0 Å². The zero-order valence-corrected chi connectivity index (χ0v) is 26.3. The number of rotatable bonds is 4. The number of para-hydroxylation sites is 1. The van der Waals surface area contributed by atoms with Crippen molar-refractivity contribution in [3.63, 3.8) is 0 Å². The van der Waals surface area contributed by atoms with Crippen molar-refractivity contribution in [1.29, 1.82) is 0 Å². The monoisotopic (exact) mass is 613 g/mol. The first-order valence-corrected chi connectivity index (χ1v) is 16.7. The van der Waals surface area contributed by atoms with Crippen LogP contribution in [0.3, 0.4) is 0 Å². The Hall–Kier alpha value is -6.12. The molecule has 0 spiro atoms. The first kappa shape index (κ1) is 27.0. The van der Waals surface area contributed by atoms with Crippen LogP contribution in [0.15, 0.2) is 181 Å². The van der Waals surface area contributed by atoms with Gasteiger partial charge >= 0.3 is 0 Å². The van der Waals surface area contributed by atoms with Gasteiger partial charge in [-0.05, 0) is 82.3 Å². The summed E-state index contributed by atoms with van der Waals surface area (Å²) >= 11 is 0. The van der Waals surface area contributed by atoms with E-state index < -0.39 is 0 Å². The van der Waals surface area contributed by atoms with Crippen LogP contribution in [0.4, 0.5) is 0 Å². The second kappa shape index (κ2) is 10.7. The van der Waals surface area contributed by atoms with Crippen molar-refractivity contribution in [2.75, 3.05) is 0 Å². The van der Waals surface area contributed by atoms with E-state index in [4.69, 9.17) is 4.74 Å². The second-order valence-corrected chi connectivity index (χ2v) is 12.8. The van der Waals surface area contributed by atoms with Crippen LogP contribution in [0.2, 0.25) is 0 Å². The Morgan fingerprint density at radius 1 is 0.562 bits per heavy atom. The van der Waals surface area contributed by atoms with Gasteiger partial charge < -0.3 is 9.30 Å². The molecular weight excluding hydrogens is 583 g/mol. The Morgan fingerprint density at radius 3 is 2.15 bits per heavy atom. The molecular formula is C46H31NO. The lowest BCUT2D eigenvalue weighted by Gasteiger charge is -2.32. The van der Waals surface area contributed by atoms with Crippen molar-refractivity contribution >= 4 is 27.4 Å². The number of benzene rings is 6. The quantitative estimate of drug-likeness (QED) is 0.193. The second-order valence-electron chi connectivity index (χ2n) is 12.8. The third kappa shape index (κ3) is 4.19. The van der Waals surface area contributed by atoms with Crippen LogP contribution < -0.4 is 4.74 Å². The van der Waals surface area contributed by atoms with Crippen LogP contribution in [0.25, 0.3) is 66.4 Å². The first-order chi connectivity index (χ1) is 23.8. The molecule has 0 amide bonds. The van der Waals surface area contributed by atoms with E-state index in [1.54, 1.807) is 0 Å². The summed E-state index contributed by atoms with van der Waals surface area (Å²) in [4.78, 5) is 0. The Morgan fingerprint density at radius 2 is 1.27 bits per heavy atom. The molecule has 1 unspecified atom stereocenters. The van der Waals surface area contributed by atoms with Gasteiger partial charge in [0.05, 0.1) is 16.7 Å². The maximum atomic E-state index is 6.45. The molecule has 48 heavy (non-hydrogen) atoms. The van der Waals surface area contributed by atoms with Gasteiger partial charge in [0.15, 0.2) is 0 Å². The highest BCUT2D eigenvalue weighted by Crippen LogP contribution is 2.47. The molecule has 6 aromatic carbocycles. The van der Waals surface area contributed by atoms with E-state index in [1.165, 1.54) is 77.6 Å². The van der Waals surface area contributed by atoms with E-state index in [9.17, 15) is 0 Å². The van der Waals surface area contributed by atoms with E-state index in [-0.39, 0.29) is 0 Å². The predicted octanol–water partition coefficient (Wildman–Crippen LogP) is 12.0. The number of fused-ring (bicyclic) bond motifs is 5. The van der Waals surface area contributed by atoms with E-state index in [1.807, 2.05) is 0 Å². The van der Waals surface area contributed by atoms with Gasteiger partial charge in [0, 0.05) is 33.4 Å². The minimum atomic E-state index is 0.380. The lowest BCUT2D eigenvalue weighted by atomic mass is 9.79. The normalized spacial score (nSPS) is 16.1. The molecule has 2 nitrogen and oxygen atoms in total. The van der Waals surface area contributed by atoms with E-state index in [0.29, 0.717) is 5.92 Å². The molecule has 10 rings (SSSR count). The Bertz CT molecular complexity index is 2540. The van der Waals surface area contributed by atoms with Crippen molar-refractivity contribution in [2.24, 2.45) is 5.92 Å². The third-order valence-electron chi connectivity index (χ3n) is 10.1. The summed E-state index contributed by atoms with van der Waals surface area (Å²) in [7, 11) is 0. The maximum Gasteiger partial charge on any atom is 0.135 e. The van der Waals surface area contributed by atoms with Crippen LogP contribution in [-0.4, -0.2) is 4.57 Å². The lowest BCUT2D eigenvalue weighted by Crippen LogP contribution is -2.18. The third-order valence-corrected chi connectivity index (χ3v) is 10.1. The smallest absolute Gasteiger partial charge is 0.135 e. The molecule has 2 aliphatic carbocycles. The molecule has 226 valence electrons. The van der Waals surface area contributed by atoms with Gasteiger partial charge in [-0.3, -0.25) is 0 Å². The number of nitrogens with zero attached hydrogens (tertiary/aromatic N) is 1. The summed E-state index contributed by atoms with van der Waals surface area (Å²) in [6.45, 7) is 0. The maximum absolute atomic E-state index is 6.45. The van der Waals surface area contributed by atoms with Crippen LogP contribution >= 0.6 is 0 Å². The molecule has 0 N–H and O–H groups in total. The van der Waals surface area contributed by atoms with Crippen LogP contribution in [0, 0.1) is 5.92 Å². The summed E-state index contributed by atoms with van der Waals surface area (Å²) in [6, 6.07) is 50.7. The molecule has 1 aromatic heterocycles. The number of ether oxygens (including phenoxy) is 1. The summed E-state index contributed by atoms with van der Waals surface area (Å²) in [5, 5.41) is 2.48.